The average molecular weight is 298 g/mol. The summed E-state index contributed by atoms with van der Waals surface area (Å²) in [5, 5.41) is 22.4. The van der Waals surface area contributed by atoms with Crippen LogP contribution in [0, 0.1) is 0 Å². The van der Waals surface area contributed by atoms with Crippen LogP contribution >= 0.6 is 0 Å². The SMILES string of the molecule is O=C(CCCNC(=O)c1ccco1)N[C@@H](CCO)C(=O)O. The molecule has 0 fully saturated rings. The molecule has 0 saturated heterocycles. The van der Waals surface area contributed by atoms with E-state index in [4.69, 9.17) is 14.6 Å². The molecule has 0 saturated carbocycles. The monoisotopic (exact) mass is 298 g/mol. The summed E-state index contributed by atoms with van der Waals surface area (Å²) >= 11 is 0. The molecule has 1 rings (SSSR count). The summed E-state index contributed by atoms with van der Waals surface area (Å²) < 4.78 is 4.90. The highest BCUT2D eigenvalue weighted by atomic mass is 16.4. The van der Waals surface area contributed by atoms with Crippen LogP contribution < -0.4 is 10.6 Å². The van der Waals surface area contributed by atoms with Gasteiger partial charge in [-0.05, 0) is 18.6 Å². The number of carboxylic acids is 1. The van der Waals surface area contributed by atoms with Crippen LogP contribution in [0.5, 0.6) is 0 Å². The summed E-state index contributed by atoms with van der Waals surface area (Å²) in [6, 6.07) is 2.02. The molecule has 0 spiro atoms. The molecule has 1 atom stereocenters. The number of furan rings is 1. The Kier molecular flexibility index (Phi) is 6.96. The van der Waals surface area contributed by atoms with Crippen LogP contribution in [0.1, 0.15) is 29.8 Å². The first-order valence-electron chi connectivity index (χ1n) is 6.49. The molecule has 1 aromatic heterocycles. The minimum absolute atomic E-state index is 0.0453. The average Bonchev–Trinajstić information content (AvgIpc) is 2.97. The Hall–Kier alpha value is -2.35. The van der Waals surface area contributed by atoms with Crippen LogP contribution in [0.4, 0.5) is 0 Å². The summed E-state index contributed by atoms with van der Waals surface area (Å²) in [5.41, 5.74) is 0. The lowest BCUT2D eigenvalue weighted by Crippen LogP contribution is -2.41. The lowest BCUT2D eigenvalue weighted by molar-refractivity contribution is -0.142. The number of aliphatic carboxylic acids is 1. The number of carbonyl (C=O) groups excluding carboxylic acids is 2. The van der Waals surface area contributed by atoms with Gasteiger partial charge in [0.1, 0.15) is 6.04 Å². The van der Waals surface area contributed by atoms with Crippen molar-refractivity contribution in [2.75, 3.05) is 13.2 Å². The third-order valence-electron chi connectivity index (χ3n) is 2.66. The van der Waals surface area contributed by atoms with E-state index in [0.29, 0.717) is 6.42 Å². The normalized spacial score (nSPS) is 11.7. The van der Waals surface area contributed by atoms with Gasteiger partial charge < -0.3 is 25.3 Å². The zero-order valence-corrected chi connectivity index (χ0v) is 11.4. The summed E-state index contributed by atoms with van der Waals surface area (Å²) in [5.74, 6) is -1.82. The van der Waals surface area contributed by atoms with Crippen molar-refractivity contribution in [3.8, 4) is 0 Å². The van der Waals surface area contributed by atoms with Crippen molar-refractivity contribution in [2.45, 2.75) is 25.3 Å². The molecule has 0 bridgehead atoms. The molecule has 8 nitrogen and oxygen atoms in total. The fourth-order valence-electron chi connectivity index (χ4n) is 1.60. The number of nitrogens with one attached hydrogen (secondary N) is 2. The van der Waals surface area contributed by atoms with Gasteiger partial charge in [-0.1, -0.05) is 0 Å². The number of carbonyl (C=O) groups is 3. The Morgan fingerprint density at radius 1 is 1.33 bits per heavy atom. The Morgan fingerprint density at radius 2 is 2.10 bits per heavy atom. The second kappa shape index (κ2) is 8.75. The van der Waals surface area contributed by atoms with Crippen molar-refractivity contribution in [3.63, 3.8) is 0 Å². The number of rotatable bonds is 9. The van der Waals surface area contributed by atoms with Crippen molar-refractivity contribution < 1.29 is 29.0 Å². The van der Waals surface area contributed by atoms with Gasteiger partial charge in [-0.2, -0.15) is 0 Å². The maximum atomic E-state index is 11.5. The highest BCUT2D eigenvalue weighted by molar-refractivity contribution is 5.91. The van der Waals surface area contributed by atoms with Gasteiger partial charge in [0.15, 0.2) is 5.76 Å². The molecular formula is C13H18N2O6. The van der Waals surface area contributed by atoms with Crippen molar-refractivity contribution in [3.05, 3.63) is 24.2 Å². The molecule has 0 aliphatic carbocycles. The Labute approximate surface area is 121 Å². The molecule has 1 aromatic rings. The highest BCUT2D eigenvalue weighted by Crippen LogP contribution is 1.99. The van der Waals surface area contributed by atoms with Crippen LogP contribution in [0.15, 0.2) is 22.8 Å². The number of aliphatic hydroxyl groups excluding tert-OH is 1. The number of carboxylic acid groups (broad SMARTS) is 1. The van der Waals surface area contributed by atoms with Gasteiger partial charge in [0.2, 0.25) is 5.91 Å². The zero-order chi connectivity index (χ0) is 15.7. The van der Waals surface area contributed by atoms with Gasteiger partial charge >= 0.3 is 5.97 Å². The van der Waals surface area contributed by atoms with Crippen LogP contribution in [-0.4, -0.2) is 47.2 Å². The van der Waals surface area contributed by atoms with Crippen molar-refractivity contribution in [1.82, 2.24) is 10.6 Å². The molecule has 8 heteroatoms. The quantitative estimate of drug-likeness (QED) is 0.465. The van der Waals surface area contributed by atoms with Gasteiger partial charge in [-0.3, -0.25) is 9.59 Å². The van der Waals surface area contributed by atoms with E-state index >= 15 is 0 Å². The first kappa shape index (κ1) is 16.7. The van der Waals surface area contributed by atoms with E-state index in [0.717, 1.165) is 0 Å². The molecule has 0 aliphatic rings. The fraction of sp³-hybridized carbons (Fsp3) is 0.462. The van der Waals surface area contributed by atoms with E-state index in [-0.39, 0.29) is 37.7 Å². The molecule has 0 radical (unpaired) electrons. The minimum Gasteiger partial charge on any atom is -0.480 e. The van der Waals surface area contributed by atoms with Crippen molar-refractivity contribution in [1.29, 1.82) is 0 Å². The van der Waals surface area contributed by atoms with Crippen LogP contribution in [0.2, 0.25) is 0 Å². The lowest BCUT2D eigenvalue weighted by atomic mass is 10.2. The molecule has 0 aliphatic heterocycles. The largest absolute Gasteiger partial charge is 0.480 e. The third kappa shape index (κ3) is 6.09. The topological polar surface area (TPSA) is 129 Å². The maximum absolute atomic E-state index is 11.5. The van der Waals surface area contributed by atoms with Gasteiger partial charge in [-0.25, -0.2) is 4.79 Å². The molecule has 116 valence electrons. The van der Waals surface area contributed by atoms with Crippen molar-refractivity contribution >= 4 is 17.8 Å². The van der Waals surface area contributed by atoms with Gasteiger partial charge in [0, 0.05) is 26.0 Å². The van der Waals surface area contributed by atoms with Gasteiger partial charge in [0.05, 0.1) is 6.26 Å². The highest BCUT2D eigenvalue weighted by Gasteiger charge is 2.18. The minimum atomic E-state index is -1.19. The zero-order valence-electron chi connectivity index (χ0n) is 11.4. The number of aliphatic hydroxyl groups is 1. The van der Waals surface area contributed by atoms with E-state index in [1.54, 1.807) is 6.07 Å². The smallest absolute Gasteiger partial charge is 0.326 e. The van der Waals surface area contributed by atoms with E-state index in [9.17, 15) is 14.4 Å². The molecule has 2 amide bonds. The van der Waals surface area contributed by atoms with E-state index in [1.807, 2.05) is 0 Å². The van der Waals surface area contributed by atoms with Crippen molar-refractivity contribution in [2.24, 2.45) is 0 Å². The van der Waals surface area contributed by atoms with Crippen LogP contribution in [0.25, 0.3) is 0 Å². The predicted octanol–water partition coefficient (Wildman–Crippen LogP) is -0.259. The summed E-state index contributed by atoms with van der Waals surface area (Å²) in [6.07, 6.45) is 1.78. The van der Waals surface area contributed by atoms with Gasteiger partial charge in [-0.15, -0.1) is 0 Å². The molecule has 1 heterocycles. The second-order valence-electron chi connectivity index (χ2n) is 4.31. The number of amides is 2. The fourth-order valence-corrected chi connectivity index (χ4v) is 1.60. The summed E-state index contributed by atoms with van der Waals surface area (Å²) in [6.45, 7) is -0.0544. The third-order valence-corrected chi connectivity index (χ3v) is 2.66. The molecule has 21 heavy (non-hydrogen) atoms. The first-order valence-corrected chi connectivity index (χ1v) is 6.49. The number of hydrogen-bond donors (Lipinski definition) is 4. The van der Waals surface area contributed by atoms with Gasteiger partial charge in [0.25, 0.3) is 5.91 Å². The molecule has 4 N–H and O–H groups in total. The Morgan fingerprint density at radius 3 is 2.67 bits per heavy atom. The Bertz CT molecular complexity index is 471. The standard InChI is InChI=1S/C13H18N2O6/c16-7-5-9(13(19)20)15-11(17)4-1-6-14-12(18)10-3-2-8-21-10/h2-3,8-9,16H,1,4-7H2,(H,14,18)(H,15,17)(H,19,20)/t9-/m0/s1. The lowest BCUT2D eigenvalue weighted by Gasteiger charge is -2.13. The predicted molar refractivity (Wildman–Crippen MR) is 71.5 cm³/mol. The Balaban J connectivity index is 2.21. The maximum Gasteiger partial charge on any atom is 0.326 e. The van der Waals surface area contributed by atoms with E-state index < -0.39 is 17.9 Å². The summed E-state index contributed by atoms with van der Waals surface area (Å²) in [4.78, 5) is 33.8. The summed E-state index contributed by atoms with van der Waals surface area (Å²) in [7, 11) is 0. The molecule has 0 aromatic carbocycles. The molecular weight excluding hydrogens is 280 g/mol. The second-order valence-corrected chi connectivity index (χ2v) is 4.31. The van der Waals surface area contributed by atoms with E-state index in [1.165, 1.54) is 12.3 Å². The number of hydrogen-bond acceptors (Lipinski definition) is 5. The van der Waals surface area contributed by atoms with E-state index in [2.05, 4.69) is 10.6 Å². The van der Waals surface area contributed by atoms with Crippen LogP contribution in [0.3, 0.4) is 0 Å². The first-order chi connectivity index (χ1) is 10.0. The van der Waals surface area contributed by atoms with Crippen LogP contribution in [-0.2, 0) is 9.59 Å². The molecule has 0 unspecified atom stereocenters.